The lowest BCUT2D eigenvalue weighted by atomic mass is 10.0. The number of hydrogen-bond donors (Lipinski definition) is 1. The minimum absolute atomic E-state index is 0.0239. The molecule has 0 bridgehead atoms. The molecule has 0 radical (unpaired) electrons. The van der Waals surface area contributed by atoms with Crippen molar-refractivity contribution in [1.29, 1.82) is 0 Å². The Bertz CT molecular complexity index is 617. The first-order valence-electron chi connectivity index (χ1n) is 6.83. The van der Waals surface area contributed by atoms with Gasteiger partial charge >= 0.3 is 0 Å². The SMILES string of the molecule is CCC(NC(=O)c1cc(Br)cc(Br)c1)c1ccc(C)cc1. The van der Waals surface area contributed by atoms with E-state index in [1.54, 1.807) is 0 Å². The van der Waals surface area contributed by atoms with Crippen LogP contribution in [0.2, 0.25) is 0 Å². The lowest BCUT2D eigenvalue weighted by Crippen LogP contribution is -2.28. The van der Waals surface area contributed by atoms with Gasteiger partial charge in [-0.25, -0.2) is 0 Å². The zero-order valence-electron chi connectivity index (χ0n) is 12.0. The number of rotatable bonds is 4. The van der Waals surface area contributed by atoms with Crippen molar-refractivity contribution in [3.8, 4) is 0 Å². The molecular formula is C17H17Br2NO. The number of amides is 1. The largest absolute Gasteiger partial charge is 0.345 e. The topological polar surface area (TPSA) is 29.1 Å². The van der Waals surface area contributed by atoms with Crippen molar-refractivity contribution in [2.75, 3.05) is 0 Å². The fourth-order valence-electron chi connectivity index (χ4n) is 2.15. The number of carbonyl (C=O) groups excluding carboxylic acids is 1. The molecule has 1 N–H and O–H groups in total. The summed E-state index contributed by atoms with van der Waals surface area (Å²) < 4.78 is 1.76. The molecule has 0 aromatic heterocycles. The average molecular weight is 411 g/mol. The summed E-state index contributed by atoms with van der Waals surface area (Å²) in [5, 5.41) is 3.09. The van der Waals surface area contributed by atoms with E-state index < -0.39 is 0 Å². The van der Waals surface area contributed by atoms with E-state index in [0.717, 1.165) is 20.9 Å². The van der Waals surface area contributed by atoms with Crippen LogP contribution in [0, 0.1) is 6.92 Å². The molecule has 0 aliphatic carbocycles. The molecule has 0 saturated carbocycles. The fourth-order valence-corrected chi connectivity index (χ4v) is 3.44. The lowest BCUT2D eigenvalue weighted by molar-refractivity contribution is 0.0935. The molecule has 2 aromatic carbocycles. The molecule has 2 rings (SSSR count). The number of carbonyl (C=O) groups is 1. The van der Waals surface area contributed by atoms with Gasteiger partial charge in [0, 0.05) is 14.5 Å². The Labute approximate surface area is 142 Å². The highest BCUT2D eigenvalue weighted by atomic mass is 79.9. The zero-order chi connectivity index (χ0) is 15.4. The first kappa shape index (κ1) is 16.2. The highest BCUT2D eigenvalue weighted by Gasteiger charge is 2.14. The second kappa shape index (κ2) is 7.23. The van der Waals surface area contributed by atoms with Gasteiger partial charge in [0.05, 0.1) is 6.04 Å². The summed E-state index contributed by atoms with van der Waals surface area (Å²) in [6.07, 6.45) is 0.851. The van der Waals surface area contributed by atoms with Gasteiger partial charge in [-0.15, -0.1) is 0 Å². The Morgan fingerprint density at radius 1 is 1.10 bits per heavy atom. The van der Waals surface area contributed by atoms with Crippen LogP contribution in [0.3, 0.4) is 0 Å². The Morgan fingerprint density at radius 2 is 1.67 bits per heavy atom. The van der Waals surface area contributed by atoms with E-state index in [4.69, 9.17) is 0 Å². The Kier molecular flexibility index (Phi) is 5.59. The molecule has 2 aromatic rings. The second-order valence-corrected chi connectivity index (χ2v) is 6.83. The Hall–Kier alpha value is -1.13. The number of aryl methyl sites for hydroxylation is 1. The fraction of sp³-hybridized carbons (Fsp3) is 0.235. The predicted octanol–water partition coefficient (Wildman–Crippen LogP) is 5.40. The van der Waals surface area contributed by atoms with E-state index in [9.17, 15) is 4.79 Å². The summed E-state index contributed by atoms with van der Waals surface area (Å²) >= 11 is 6.81. The van der Waals surface area contributed by atoms with Crippen molar-refractivity contribution in [3.05, 3.63) is 68.1 Å². The van der Waals surface area contributed by atoms with Crippen LogP contribution in [0.15, 0.2) is 51.4 Å². The molecule has 4 heteroatoms. The van der Waals surface area contributed by atoms with Crippen LogP contribution in [-0.2, 0) is 0 Å². The van der Waals surface area contributed by atoms with Crippen molar-refractivity contribution in [3.63, 3.8) is 0 Å². The van der Waals surface area contributed by atoms with Crippen LogP contribution in [0.5, 0.6) is 0 Å². The highest BCUT2D eigenvalue weighted by molar-refractivity contribution is 9.11. The van der Waals surface area contributed by atoms with Crippen LogP contribution in [0.1, 0.15) is 40.9 Å². The van der Waals surface area contributed by atoms with E-state index in [1.807, 2.05) is 18.2 Å². The predicted molar refractivity (Wildman–Crippen MR) is 93.5 cm³/mol. The molecule has 2 nitrogen and oxygen atoms in total. The molecular weight excluding hydrogens is 394 g/mol. The molecule has 0 heterocycles. The molecule has 21 heavy (non-hydrogen) atoms. The first-order chi connectivity index (χ1) is 9.99. The van der Waals surface area contributed by atoms with Crippen LogP contribution in [0.25, 0.3) is 0 Å². The van der Waals surface area contributed by atoms with Crippen molar-refractivity contribution in [2.45, 2.75) is 26.3 Å². The minimum atomic E-state index is -0.0653. The Morgan fingerprint density at radius 3 is 2.19 bits per heavy atom. The summed E-state index contributed by atoms with van der Waals surface area (Å²) in [6, 6.07) is 13.9. The van der Waals surface area contributed by atoms with Crippen molar-refractivity contribution >= 4 is 37.8 Å². The molecule has 0 fully saturated rings. The number of nitrogens with one attached hydrogen (secondary N) is 1. The third-order valence-corrected chi connectivity index (χ3v) is 4.23. The smallest absolute Gasteiger partial charge is 0.251 e. The van der Waals surface area contributed by atoms with Gasteiger partial charge in [0.2, 0.25) is 0 Å². The molecule has 0 spiro atoms. The van der Waals surface area contributed by atoms with Gasteiger partial charge in [-0.2, -0.15) is 0 Å². The maximum absolute atomic E-state index is 12.4. The third-order valence-electron chi connectivity index (χ3n) is 3.32. The maximum Gasteiger partial charge on any atom is 0.251 e. The van der Waals surface area contributed by atoms with Gasteiger partial charge in [-0.1, -0.05) is 68.6 Å². The van der Waals surface area contributed by atoms with Gasteiger partial charge < -0.3 is 5.32 Å². The van der Waals surface area contributed by atoms with E-state index in [1.165, 1.54) is 5.56 Å². The van der Waals surface area contributed by atoms with Crippen molar-refractivity contribution in [1.82, 2.24) is 5.32 Å². The van der Waals surface area contributed by atoms with Crippen molar-refractivity contribution < 1.29 is 4.79 Å². The van der Waals surface area contributed by atoms with Crippen LogP contribution >= 0.6 is 31.9 Å². The molecule has 0 saturated heterocycles. The van der Waals surface area contributed by atoms with E-state index in [-0.39, 0.29) is 11.9 Å². The van der Waals surface area contributed by atoms with Crippen LogP contribution in [-0.4, -0.2) is 5.91 Å². The van der Waals surface area contributed by atoms with Gasteiger partial charge in [0.25, 0.3) is 5.91 Å². The number of hydrogen-bond acceptors (Lipinski definition) is 1. The normalized spacial score (nSPS) is 12.0. The van der Waals surface area contributed by atoms with E-state index in [0.29, 0.717) is 5.56 Å². The summed E-state index contributed by atoms with van der Waals surface area (Å²) in [4.78, 5) is 12.4. The summed E-state index contributed by atoms with van der Waals surface area (Å²) in [5.41, 5.74) is 2.99. The second-order valence-electron chi connectivity index (χ2n) is 5.00. The quantitative estimate of drug-likeness (QED) is 0.717. The monoisotopic (exact) mass is 409 g/mol. The molecule has 0 aliphatic rings. The third kappa shape index (κ3) is 4.42. The molecule has 1 amide bonds. The highest BCUT2D eigenvalue weighted by Crippen LogP contribution is 2.22. The minimum Gasteiger partial charge on any atom is -0.345 e. The standard InChI is InChI=1S/C17H17Br2NO/c1-3-16(12-6-4-11(2)5-7-12)20-17(21)13-8-14(18)10-15(19)9-13/h4-10,16H,3H2,1-2H3,(H,20,21). The summed E-state index contributed by atoms with van der Waals surface area (Å²) in [7, 11) is 0. The van der Waals surface area contributed by atoms with Gasteiger partial charge in [-0.05, 0) is 37.1 Å². The lowest BCUT2D eigenvalue weighted by Gasteiger charge is -2.18. The zero-order valence-corrected chi connectivity index (χ0v) is 15.2. The average Bonchev–Trinajstić information content (AvgIpc) is 2.44. The molecule has 1 atom stereocenters. The van der Waals surface area contributed by atoms with E-state index in [2.05, 4.69) is 75.3 Å². The van der Waals surface area contributed by atoms with Crippen LogP contribution in [0.4, 0.5) is 0 Å². The van der Waals surface area contributed by atoms with Gasteiger partial charge in [0.15, 0.2) is 0 Å². The van der Waals surface area contributed by atoms with Gasteiger partial charge in [0.1, 0.15) is 0 Å². The molecule has 0 aliphatic heterocycles. The summed E-state index contributed by atoms with van der Waals surface area (Å²) in [6.45, 7) is 4.13. The van der Waals surface area contributed by atoms with E-state index >= 15 is 0 Å². The van der Waals surface area contributed by atoms with Crippen molar-refractivity contribution in [2.24, 2.45) is 0 Å². The maximum atomic E-state index is 12.4. The molecule has 1 unspecified atom stereocenters. The number of benzene rings is 2. The Balaban J connectivity index is 2.18. The number of halogens is 2. The van der Waals surface area contributed by atoms with Crippen LogP contribution < -0.4 is 5.32 Å². The summed E-state index contributed by atoms with van der Waals surface area (Å²) in [5.74, 6) is -0.0653. The first-order valence-corrected chi connectivity index (χ1v) is 8.41. The molecule has 110 valence electrons. The van der Waals surface area contributed by atoms with Gasteiger partial charge in [-0.3, -0.25) is 4.79 Å².